The van der Waals surface area contributed by atoms with Gasteiger partial charge in [-0.2, -0.15) is 0 Å². The average molecular weight is 323 g/mol. The van der Waals surface area contributed by atoms with E-state index in [1.807, 2.05) is 0 Å². The lowest BCUT2D eigenvalue weighted by Crippen LogP contribution is -2.54. The summed E-state index contributed by atoms with van der Waals surface area (Å²) >= 11 is 0. The summed E-state index contributed by atoms with van der Waals surface area (Å²) in [7, 11) is 0. The molecule has 6 atom stereocenters. The smallest absolute Gasteiger partial charge is 0.310 e. The first-order valence-electron chi connectivity index (χ1n) is 9.93. The Morgan fingerprint density at radius 1 is 0.957 bits per heavy atom. The monoisotopic (exact) mass is 322 g/mol. The van der Waals surface area contributed by atoms with Crippen LogP contribution in [0.4, 0.5) is 0 Å². The van der Waals surface area contributed by atoms with E-state index >= 15 is 0 Å². The van der Waals surface area contributed by atoms with Crippen LogP contribution in [0.1, 0.15) is 80.1 Å². The Balaban J connectivity index is 2.49. The van der Waals surface area contributed by atoms with Crippen molar-refractivity contribution in [3.8, 4) is 0 Å². The Labute approximate surface area is 143 Å². The van der Waals surface area contributed by atoms with Gasteiger partial charge >= 0.3 is 5.97 Å². The molecular weight excluding hydrogens is 284 g/mol. The van der Waals surface area contributed by atoms with Gasteiger partial charge in [0.15, 0.2) is 0 Å². The van der Waals surface area contributed by atoms with Crippen molar-refractivity contribution in [3.05, 3.63) is 0 Å². The summed E-state index contributed by atoms with van der Waals surface area (Å²) in [6, 6.07) is 0. The molecule has 1 N–H and O–H groups in total. The van der Waals surface area contributed by atoms with Gasteiger partial charge in [-0.25, -0.2) is 0 Å². The molecule has 0 aromatic heterocycles. The van der Waals surface area contributed by atoms with Gasteiger partial charge < -0.3 is 5.11 Å². The number of carbonyl (C=O) groups is 1. The van der Waals surface area contributed by atoms with Gasteiger partial charge in [-0.15, -0.1) is 0 Å². The minimum atomic E-state index is -0.493. The van der Waals surface area contributed by atoms with E-state index in [1.54, 1.807) is 0 Å². The topological polar surface area (TPSA) is 37.3 Å². The highest BCUT2D eigenvalue weighted by Crippen LogP contribution is 2.58. The highest BCUT2D eigenvalue weighted by molar-refractivity contribution is 5.76. The first kappa shape index (κ1) is 18.8. The summed E-state index contributed by atoms with van der Waals surface area (Å²) in [5.41, 5.74) is -0.491. The highest BCUT2D eigenvalue weighted by Gasteiger charge is 2.57. The normalized spacial score (nSPS) is 42.2. The summed E-state index contributed by atoms with van der Waals surface area (Å²) in [5, 5.41) is 10.5. The van der Waals surface area contributed by atoms with Crippen molar-refractivity contribution in [1.29, 1.82) is 0 Å². The molecule has 2 aliphatic rings. The third kappa shape index (κ3) is 3.46. The predicted molar refractivity (Wildman–Crippen MR) is 96.2 cm³/mol. The lowest BCUT2D eigenvalue weighted by Gasteiger charge is -2.54. The third-order valence-electron chi connectivity index (χ3n) is 7.21. The van der Waals surface area contributed by atoms with Crippen molar-refractivity contribution in [2.75, 3.05) is 0 Å². The van der Waals surface area contributed by atoms with Crippen molar-refractivity contribution in [2.45, 2.75) is 80.1 Å². The quantitative estimate of drug-likeness (QED) is 0.704. The van der Waals surface area contributed by atoms with E-state index in [-0.39, 0.29) is 0 Å². The van der Waals surface area contributed by atoms with Gasteiger partial charge in [-0.05, 0) is 67.1 Å². The van der Waals surface area contributed by atoms with Crippen LogP contribution in [0.5, 0.6) is 0 Å². The Kier molecular flexibility index (Phi) is 5.85. The molecule has 0 aliphatic heterocycles. The van der Waals surface area contributed by atoms with Crippen LogP contribution in [0.3, 0.4) is 0 Å². The van der Waals surface area contributed by atoms with Gasteiger partial charge in [-0.3, -0.25) is 4.79 Å². The zero-order valence-electron chi connectivity index (χ0n) is 16.1. The van der Waals surface area contributed by atoms with Crippen LogP contribution in [0.15, 0.2) is 0 Å². The van der Waals surface area contributed by atoms with Crippen molar-refractivity contribution in [1.82, 2.24) is 0 Å². The summed E-state index contributed by atoms with van der Waals surface area (Å²) < 4.78 is 0. The number of rotatable bonds is 4. The van der Waals surface area contributed by atoms with E-state index < -0.39 is 11.4 Å². The fraction of sp³-hybridized carbons (Fsp3) is 0.952. The van der Waals surface area contributed by atoms with Gasteiger partial charge in [0.1, 0.15) is 0 Å². The van der Waals surface area contributed by atoms with Crippen LogP contribution >= 0.6 is 0 Å². The standard InChI is InChI=1S/C21H38O2/c1-13(2)17-9-7-15(5)11-19(17)21(20(22)23)12-16(6)8-10-18(21)14(3)4/h13-19H,7-12H2,1-6H3,(H,22,23). The Hall–Kier alpha value is -0.530. The van der Waals surface area contributed by atoms with Gasteiger partial charge in [-0.1, -0.05) is 54.4 Å². The Bertz CT molecular complexity index is 414. The molecule has 0 heterocycles. The molecule has 0 aromatic carbocycles. The molecule has 0 radical (unpaired) electrons. The molecule has 0 bridgehead atoms. The molecule has 2 aliphatic carbocycles. The maximum atomic E-state index is 12.7. The molecule has 6 unspecified atom stereocenters. The lowest BCUT2D eigenvalue weighted by molar-refractivity contribution is -0.172. The fourth-order valence-electron chi connectivity index (χ4n) is 6.11. The molecule has 23 heavy (non-hydrogen) atoms. The summed E-state index contributed by atoms with van der Waals surface area (Å²) in [5.74, 6) is 3.06. The average Bonchev–Trinajstić information content (AvgIpc) is 2.45. The van der Waals surface area contributed by atoms with Crippen LogP contribution in [0, 0.1) is 46.8 Å². The second kappa shape index (κ2) is 7.15. The minimum Gasteiger partial charge on any atom is -0.481 e. The molecule has 2 heteroatoms. The molecule has 2 nitrogen and oxygen atoms in total. The summed E-state index contributed by atoms with van der Waals surface area (Å²) in [6.45, 7) is 13.7. The van der Waals surface area contributed by atoms with Crippen LogP contribution < -0.4 is 0 Å². The van der Waals surface area contributed by atoms with Crippen molar-refractivity contribution < 1.29 is 9.90 Å². The largest absolute Gasteiger partial charge is 0.481 e. The molecule has 2 rings (SSSR count). The summed E-state index contributed by atoms with van der Waals surface area (Å²) in [4.78, 5) is 12.7. The van der Waals surface area contributed by atoms with Crippen molar-refractivity contribution in [2.24, 2.45) is 46.8 Å². The highest BCUT2D eigenvalue weighted by atomic mass is 16.4. The molecule has 0 spiro atoms. The SMILES string of the molecule is CC1CCC(C(C)C)C(C2(C(=O)O)CC(C)CCC2C(C)C)C1. The molecule has 2 fully saturated rings. The number of carboxylic acids is 1. The second-order valence-corrected chi connectivity index (χ2v) is 9.52. The molecule has 2 saturated carbocycles. The van der Waals surface area contributed by atoms with E-state index in [2.05, 4.69) is 41.5 Å². The van der Waals surface area contributed by atoms with E-state index in [1.165, 1.54) is 19.3 Å². The van der Waals surface area contributed by atoms with E-state index in [9.17, 15) is 9.90 Å². The van der Waals surface area contributed by atoms with Crippen LogP contribution in [0.25, 0.3) is 0 Å². The zero-order chi connectivity index (χ0) is 17.4. The molecule has 0 aromatic rings. The molecule has 0 saturated heterocycles. The van der Waals surface area contributed by atoms with Crippen molar-refractivity contribution >= 4 is 5.97 Å². The van der Waals surface area contributed by atoms with Crippen molar-refractivity contribution in [3.63, 3.8) is 0 Å². The van der Waals surface area contributed by atoms with Gasteiger partial charge in [0.25, 0.3) is 0 Å². The number of hydrogen-bond acceptors (Lipinski definition) is 1. The summed E-state index contributed by atoms with van der Waals surface area (Å²) in [6.07, 6.45) is 6.80. The van der Waals surface area contributed by atoms with E-state index in [0.717, 1.165) is 19.3 Å². The fourth-order valence-corrected chi connectivity index (χ4v) is 6.11. The number of hydrogen-bond donors (Lipinski definition) is 1. The molecule has 134 valence electrons. The van der Waals surface area contributed by atoms with Gasteiger partial charge in [0.2, 0.25) is 0 Å². The Morgan fingerprint density at radius 3 is 2.09 bits per heavy atom. The van der Waals surface area contributed by atoms with Crippen LogP contribution in [0.2, 0.25) is 0 Å². The van der Waals surface area contributed by atoms with E-state index in [4.69, 9.17) is 0 Å². The number of aliphatic carboxylic acids is 1. The molecule has 0 amide bonds. The van der Waals surface area contributed by atoms with Crippen LogP contribution in [-0.2, 0) is 4.79 Å². The second-order valence-electron chi connectivity index (χ2n) is 9.52. The van der Waals surface area contributed by atoms with E-state index in [0.29, 0.717) is 41.4 Å². The zero-order valence-corrected chi connectivity index (χ0v) is 16.1. The maximum Gasteiger partial charge on any atom is 0.310 e. The van der Waals surface area contributed by atoms with Crippen LogP contribution in [-0.4, -0.2) is 11.1 Å². The first-order valence-corrected chi connectivity index (χ1v) is 9.93. The minimum absolute atomic E-state index is 0.341. The van der Waals surface area contributed by atoms with Gasteiger partial charge in [0.05, 0.1) is 5.41 Å². The first-order chi connectivity index (χ1) is 10.7. The predicted octanol–water partition coefficient (Wildman–Crippen LogP) is 5.86. The Morgan fingerprint density at radius 2 is 1.57 bits per heavy atom. The number of carboxylic acid groups (broad SMARTS) is 1. The van der Waals surface area contributed by atoms with Gasteiger partial charge in [0, 0.05) is 0 Å². The lowest BCUT2D eigenvalue weighted by atomic mass is 9.48. The molecular formula is C21H38O2. The maximum absolute atomic E-state index is 12.7. The third-order valence-corrected chi connectivity index (χ3v) is 7.21.